The average Bonchev–Trinajstić information content (AvgIpc) is 3.78. The molecule has 53 heavy (non-hydrogen) atoms. The Kier molecular flexibility index (Phi) is 9.52. The first kappa shape index (κ1) is 36.5. The number of imidazole rings is 1. The zero-order valence-corrected chi connectivity index (χ0v) is 34.8. The molecule has 0 aliphatic heterocycles. The van der Waals surface area contributed by atoms with Crippen molar-refractivity contribution < 1.29 is 28.9 Å². The number of pyridine rings is 2. The fourth-order valence-corrected chi connectivity index (χ4v) is 8.73. The minimum atomic E-state index is -1.49. The molecule has 0 aliphatic carbocycles. The predicted octanol–water partition coefficient (Wildman–Crippen LogP) is 11.2. The molecular weight excluding hydrogens is 849 g/mol. The van der Waals surface area contributed by atoms with Crippen molar-refractivity contribution in [2.24, 2.45) is 12.5 Å². The third-order valence-corrected chi connectivity index (χ3v) is 11.6. The standard InChI is InChI=1S/C25H29N2OSi.C20H13N2O.Ir/c1-16-11-12-19-18-9-8-10-20(23(18)28-24(19)27-16)21-13-17(14-25(2,3)4)22(15-26-21)29(5,6)7;1-22-17-11-4-3-10-16(17)21-20(22)15-9-6-8-14-13-7-2-5-12-18(13)23-19(14)15;/h8-9,11-13,15H,14H2,1-7H3;2-8,10-12H,1H3;/q2*-1;. The first-order chi connectivity index (χ1) is 24.9. The van der Waals surface area contributed by atoms with Gasteiger partial charge < -0.3 is 18.4 Å². The molecule has 5 aromatic heterocycles. The Hall–Kier alpha value is -4.88. The zero-order chi connectivity index (χ0) is 36.4. The zero-order valence-electron chi connectivity index (χ0n) is 31.4. The molecule has 0 atom stereocenters. The van der Waals surface area contributed by atoms with E-state index in [-0.39, 0.29) is 25.5 Å². The molecule has 0 bridgehead atoms. The van der Waals surface area contributed by atoms with E-state index in [1.54, 1.807) is 0 Å². The quantitative estimate of drug-likeness (QED) is 0.130. The summed E-state index contributed by atoms with van der Waals surface area (Å²) in [5.41, 5.74) is 10.6. The molecule has 0 aliphatic rings. The van der Waals surface area contributed by atoms with Gasteiger partial charge in [0.05, 0.1) is 36.1 Å². The number of aromatic nitrogens is 4. The molecule has 9 aromatic rings. The summed E-state index contributed by atoms with van der Waals surface area (Å²) in [6.45, 7) is 16.0. The van der Waals surface area contributed by atoms with Crippen LogP contribution in [0, 0.1) is 24.5 Å². The molecule has 0 N–H and O–H groups in total. The minimum Gasteiger partial charge on any atom is -0.501 e. The minimum absolute atomic E-state index is 0. The second kappa shape index (κ2) is 13.8. The number of fused-ring (bicyclic) bond motifs is 7. The van der Waals surface area contributed by atoms with Crippen LogP contribution in [0.3, 0.4) is 0 Å². The third kappa shape index (κ3) is 6.87. The van der Waals surface area contributed by atoms with Crippen molar-refractivity contribution in [3.8, 4) is 22.6 Å². The van der Waals surface area contributed by atoms with Gasteiger partial charge in [0.1, 0.15) is 5.58 Å². The summed E-state index contributed by atoms with van der Waals surface area (Å²) in [4.78, 5) is 14.2. The Bertz CT molecular complexity index is 2780. The number of nitrogens with zero attached hydrogens (tertiary/aromatic N) is 4. The maximum absolute atomic E-state index is 6.18. The van der Waals surface area contributed by atoms with E-state index in [0.29, 0.717) is 5.71 Å². The van der Waals surface area contributed by atoms with Gasteiger partial charge in [-0.1, -0.05) is 104 Å². The van der Waals surface area contributed by atoms with Crippen molar-refractivity contribution >= 4 is 68.3 Å². The predicted molar refractivity (Wildman–Crippen MR) is 217 cm³/mol. The first-order valence-electron chi connectivity index (χ1n) is 17.8. The second-order valence-corrected chi connectivity index (χ2v) is 20.9. The molecular formula is C45H42IrN4O2Si-2. The van der Waals surface area contributed by atoms with Crippen molar-refractivity contribution in [1.29, 1.82) is 0 Å². The van der Waals surface area contributed by atoms with E-state index in [1.807, 2.05) is 80.7 Å². The van der Waals surface area contributed by atoms with Crippen molar-refractivity contribution in [2.45, 2.75) is 53.8 Å². The van der Waals surface area contributed by atoms with Gasteiger partial charge in [0.25, 0.3) is 0 Å². The number of aryl methyl sites for hydroxylation is 2. The number of furan rings is 2. The largest absolute Gasteiger partial charge is 0.501 e. The Morgan fingerprint density at radius 3 is 2.17 bits per heavy atom. The smallest absolute Gasteiger partial charge is 0.216 e. The van der Waals surface area contributed by atoms with E-state index in [2.05, 4.69) is 92.6 Å². The number of rotatable bonds is 4. The van der Waals surface area contributed by atoms with Gasteiger partial charge in [0, 0.05) is 49.8 Å². The van der Waals surface area contributed by atoms with Crippen molar-refractivity contribution in [2.75, 3.05) is 0 Å². The summed E-state index contributed by atoms with van der Waals surface area (Å²) < 4.78 is 14.4. The molecule has 0 spiro atoms. The van der Waals surface area contributed by atoms with Crippen LogP contribution in [0.1, 0.15) is 32.0 Å². The summed E-state index contributed by atoms with van der Waals surface area (Å²) >= 11 is 0. The monoisotopic (exact) mass is 891 g/mol. The van der Waals surface area contributed by atoms with E-state index >= 15 is 0 Å². The van der Waals surface area contributed by atoms with Gasteiger partial charge in [0.15, 0.2) is 0 Å². The number of hydrogen-bond donors (Lipinski definition) is 0. The molecule has 5 heterocycles. The van der Waals surface area contributed by atoms with Crippen LogP contribution in [0.15, 0.2) is 106 Å². The van der Waals surface area contributed by atoms with Crippen molar-refractivity contribution in [3.63, 3.8) is 0 Å². The van der Waals surface area contributed by atoms with Crippen LogP contribution < -0.4 is 5.19 Å². The Balaban J connectivity index is 0.000000165. The van der Waals surface area contributed by atoms with Crippen LogP contribution in [-0.2, 0) is 33.6 Å². The van der Waals surface area contributed by atoms with Gasteiger partial charge in [-0.25, -0.2) is 4.98 Å². The van der Waals surface area contributed by atoms with Gasteiger partial charge >= 0.3 is 0 Å². The van der Waals surface area contributed by atoms with Crippen LogP contribution in [0.2, 0.25) is 19.6 Å². The molecule has 0 amide bonds. The van der Waals surface area contributed by atoms with Gasteiger partial charge in [-0.05, 0) is 60.0 Å². The molecule has 0 saturated heterocycles. The number of para-hydroxylation sites is 3. The SMILES string of the molecule is Cc1ccc2c(n1)oc1c(-c3cc(CC(C)(C)C)c([Si](C)(C)C)cn3)[c-]ccc12.Cn1c(-c2[c-]ccc3c2oc2ccccc23)nc2ccccc21.[Ir]. The van der Waals surface area contributed by atoms with Crippen LogP contribution in [-0.4, -0.2) is 27.6 Å². The Labute approximate surface area is 324 Å². The van der Waals surface area contributed by atoms with E-state index in [9.17, 15) is 0 Å². The molecule has 0 saturated carbocycles. The Morgan fingerprint density at radius 1 is 0.755 bits per heavy atom. The van der Waals surface area contributed by atoms with Gasteiger partial charge in [-0.15, -0.1) is 36.4 Å². The van der Waals surface area contributed by atoms with Gasteiger partial charge in [-0.2, -0.15) is 0 Å². The Morgan fingerprint density at radius 2 is 1.43 bits per heavy atom. The second-order valence-electron chi connectivity index (χ2n) is 15.9. The molecule has 269 valence electrons. The van der Waals surface area contributed by atoms with Crippen LogP contribution >= 0.6 is 0 Å². The molecule has 4 aromatic carbocycles. The molecule has 6 nitrogen and oxygen atoms in total. The maximum atomic E-state index is 6.18. The van der Waals surface area contributed by atoms with Gasteiger partial charge in [0.2, 0.25) is 5.71 Å². The molecule has 0 unspecified atom stereocenters. The number of hydrogen-bond acceptors (Lipinski definition) is 5. The molecule has 0 fully saturated rings. The summed E-state index contributed by atoms with van der Waals surface area (Å²) in [5.74, 6) is 0.871. The topological polar surface area (TPSA) is 69.9 Å². The van der Waals surface area contributed by atoms with Gasteiger partial charge in [-0.3, -0.25) is 4.98 Å². The van der Waals surface area contributed by atoms with E-state index in [1.165, 1.54) is 10.8 Å². The molecule has 1 radical (unpaired) electrons. The summed E-state index contributed by atoms with van der Waals surface area (Å²) in [5, 5.41) is 5.76. The maximum Gasteiger partial charge on any atom is 0.216 e. The van der Waals surface area contributed by atoms with E-state index < -0.39 is 8.07 Å². The summed E-state index contributed by atoms with van der Waals surface area (Å²) in [6, 6.07) is 37.3. The fraction of sp³-hybridized carbons (Fsp3) is 0.222. The third-order valence-electron chi connectivity index (χ3n) is 9.56. The summed E-state index contributed by atoms with van der Waals surface area (Å²) in [6.07, 6.45) is 3.12. The normalized spacial score (nSPS) is 12.1. The van der Waals surface area contributed by atoms with Crippen molar-refractivity contribution in [3.05, 3.63) is 121 Å². The molecule has 8 heteroatoms. The van der Waals surface area contributed by atoms with E-state index in [0.717, 1.165) is 84.1 Å². The van der Waals surface area contributed by atoms with E-state index in [4.69, 9.17) is 18.8 Å². The average molecular weight is 891 g/mol. The first-order valence-corrected chi connectivity index (χ1v) is 21.3. The van der Waals surface area contributed by atoms with Crippen LogP contribution in [0.4, 0.5) is 0 Å². The van der Waals surface area contributed by atoms with Crippen molar-refractivity contribution in [1.82, 2.24) is 19.5 Å². The van der Waals surface area contributed by atoms with Crippen LogP contribution in [0.25, 0.3) is 77.7 Å². The summed E-state index contributed by atoms with van der Waals surface area (Å²) in [7, 11) is 0.534. The number of benzene rings is 4. The van der Waals surface area contributed by atoms with Crippen LogP contribution in [0.5, 0.6) is 0 Å². The fourth-order valence-electron chi connectivity index (χ4n) is 7.16. The molecule has 9 rings (SSSR count).